The molecule has 1 N–H and O–H groups in total. The van der Waals surface area contributed by atoms with Crippen LogP contribution in [-0.4, -0.2) is 6.54 Å². The highest BCUT2D eigenvalue weighted by Gasteiger charge is 2.56. The van der Waals surface area contributed by atoms with E-state index in [0.717, 1.165) is 17.8 Å². The molecule has 0 radical (unpaired) electrons. The van der Waals surface area contributed by atoms with E-state index in [0.29, 0.717) is 6.04 Å². The van der Waals surface area contributed by atoms with Crippen LogP contribution in [0.3, 0.4) is 0 Å². The first-order chi connectivity index (χ1) is 7.92. The van der Waals surface area contributed by atoms with Crippen molar-refractivity contribution in [3.05, 3.63) is 22.4 Å². The van der Waals surface area contributed by atoms with Crippen molar-refractivity contribution >= 4 is 11.3 Å². The Morgan fingerprint density at radius 3 is 2.88 bits per heavy atom. The smallest absolute Gasteiger partial charge is 0.0448 e. The molecular weight excluding hydrogens is 214 g/mol. The zero-order chi connectivity index (χ0) is 11.0. The molecule has 0 amide bonds. The van der Waals surface area contributed by atoms with Crippen LogP contribution < -0.4 is 5.32 Å². The number of fused-ring (bicyclic) bond motifs is 1. The molecule has 3 unspecified atom stereocenters. The summed E-state index contributed by atoms with van der Waals surface area (Å²) in [5.74, 6) is 3.06. The van der Waals surface area contributed by atoms with Crippen molar-refractivity contribution in [2.24, 2.45) is 17.8 Å². The molecule has 2 heteroatoms. The summed E-state index contributed by atoms with van der Waals surface area (Å²) in [6.45, 7) is 3.42. The summed E-state index contributed by atoms with van der Waals surface area (Å²) >= 11 is 1.93. The third-order valence-electron chi connectivity index (χ3n) is 4.32. The van der Waals surface area contributed by atoms with Crippen molar-refractivity contribution in [2.75, 3.05) is 6.54 Å². The number of rotatable bonds is 5. The van der Waals surface area contributed by atoms with Crippen LogP contribution in [0.2, 0.25) is 0 Å². The molecule has 2 fully saturated rings. The minimum Gasteiger partial charge on any atom is -0.309 e. The van der Waals surface area contributed by atoms with Crippen LogP contribution in [0, 0.1) is 17.8 Å². The fourth-order valence-corrected chi connectivity index (χ4v) is 4.42. The van der Waals surface area contributed by atoms with E-state index >= 15 is 0 Å². The molecule has 88 valence electrons. The van der Waals surface area contributed by atoms with E-state index in [9.17, 15) is 0 Å². The van der Waals surface area contributed by atoms with E-state index in [1.165, 1.54) is 32.2 Å². The molecule has 3 atom stereocenters. The van der Waals surface area contributed by atoms with Gasteiger partial charge in [0.25, 0.3) is 0 Å². The molecule has 0 aromatic carbocycles. The molecule has 2 saturated carbocycles. The molecule has 1 aromatic rings. The third kappa shape index (κ3) is 1.82. The van der Waals surface area contributed by atoms with Crippen molar-refractivity contribution in [3.8, 4) is 0 Å². The van der Waals surface area contributed by atoms with Crippen LogP contribution in [-0.2, 0) is 0 Å². The lowest BCUT2D eigenvalue weighted by Gasteiger charge is -2.19. The molecule has 3 rings (SSSR count). The van der Waals surface area contributed by atoms with Crippen molar-refractivity contribution in [3.63, 3.8) is 0 Å². The first-order valence-corrected chi connectivity index (χ1v) is 7.56. The lowest BCUT2D eigenvalue weighted by Crippen LogP contribution is -2.24. The molecule has 2 aliphatic carbocycles. The minimum absolute atomic E-state index is 0.662. The van der Waals surface area contributed by atoms with E-state index in [1.807, 2.05) is 11.3 Å². The molecule has 0 bridgehead atoms. The van der Waals surface area contributed by atoms with Gasteiger partial charge in [0.15, 0.2) is 0 Å². The van der Waals surface area contributed by atoms with Gasteiger partial charge in [-0.05, 0) is 55.0 Å². The molecule has 16 heavy (non-hydrogen) atoms. The maximum Gasteiger partial charge on any atom is 0.0448 e. The molecule has 0 spiro atoms. The molecule has 2 aliphatic rings. The van der Waals surface area contributed by atoms with Gasteiger partial charge in [0.2, 0.25) is 0 Å². The van der Waals surface area contributed by atoms with Crippen LogP contribution in [0.15, 0.2) is 17.5 Å². The number of thiophene rings is 1. The maximum atomic E-state index is 3.77. The summed E-state index contributed by atoms with van der Waals surface area (Å²) in [7, 11) is 0. The SMILES string of the molecule is CCCNC(c1cccs1)C1C2CCCC21. The minimum atomic E-state index is 0.662. The predicted molar refractivity (Wildman–Crippen MR) is 69.7 cm³/mol. The zero-order valence-corrected chi connectivity index (χ0v) is 10.8. The van der Waals surface area contributed by atoms with Gasteiger partial charge in [0, 0.05) is 10.9 Å². The number of hydrogen-bond acceptors (Lipinski definition) is 2. The van der Waals surface area contributed by atoms with Gasteiger partial charge in [0.1, 0.15) is 0 Å². The molecule has 0 aliphatic heterocycles. The van der Waals surface area contributed by atoms with Crippen molar-refractivity contribution in [1.29, 1.82) is 0 Å². The van der Waals surface area contributed by atoms with E-state index in [-0.39, 0.29) is 0 Å². The first kappa shape index (κ1) is 10.8. The zero-order valence-electron chi connectivity index (χ0n) is 9.99. The number of hydrogen-bond donors (Lipinski definition) is 1. The Kier molecular flexibility index (Phi) is 3.03. The Labute approximate surface area is 102 Å². The summed E-state index contributed by atoms with van der Waals surface area (Å²) in [6.07, 6.45) is 5.71. The topological polar surface area (TPSA) is 12.0 Å². The summed E-state index contributed by atoms with van der Waals surface area (Å²) in [5.41, 5.74) is 0. The van der Waals surface area contributed by atoms with Gasteiger partial charge < -0.3 is 5.32 Å². The fraction of sp³-hybridized carbons (Fsp3) is 0.714. The Morgan fingerprint density at radius 2 is 2.25 bits per heavy atom. The van der Waals surface area contributed by atoms with Crippen molar-refractivity contribution in [1.82, 2.24) is 5.32 Å². The van der Waals surface area contributed by atoms with Gasteiger partial charge in [-0.2, -0.15) is 0 Å². The molecule has 0 saturated heterocycles. The van der Waals surface area contributed by atoms with Gasteiger partial charge in [-0.15, -0.1) is 11.3 Å². The van der Waals surface area contributed by atoms with Crippen molar-refractivity contribution in [2.45, 2.75) is 38.6 Å². The second-order valence-corrected chi connectivity index (χ2v) is 6.26. The van der Waals surface area contributed by atoms with Crippen LogP contribution in [0.5, 0.6) is 0 Å². The standard InChI is InChI=1S/C14H21NS/c1-2-8-15-14(12-7-4-9-16-12)13-10-5-3-6-11(10)13/h4,7,9-11,13-15H,2-3,5-6,8H2,1H3. The first-order valence-electron chi connectivity index (χ1n) is 6.68. The Balaban J connectivity index is 1.70. The van der Waals surface area contributed by atoms with Crippen LogP contribution >= 0.6 is 11.3 Å². The highest BCUT2D eigenvalue weighted by atomic mass is 32.1. The predicted octanol–water partition coefficient (Wildman–Crippen LogP) is 3.83. The molecule has 1 heterocycles. The fourth-order valence-electron chi connectivity index (χ4n) is 3.57. The number of nitrogens with one attached hydrogen (secondary N) is 1. The maximum absolute atomic E-state index is 3.77. The molecular formula is C14H21NS. The average molecular weight is 235 g/mol. The van der Waals surface area contributed by atoms with Gasteiger partial charge in [0.05, 0.1) is 0 Å². The molecule has 1 nitrogen and oxygen atoms in total. The van der Waals surface area contributed by atoms with Crippen molar-refractivity contribution < 1.29 is 0 Å². The van der Waals surface area contributed by atoms with E-state index in [4.69, 9.17) is 0 Å². The Hall–Kier alpha value is -0.340. The van der Waals surface area contributed by atoms with E-state index in [1.54, 1.807) is 4.88 Å². The lowest BCUT2D eigenvalue weighted by atomic mass is 10.0. The van der Waals surface area contributed by atoms with Gasteiger partial charge in [-0.1, -0.05) is 19.4 Å². The summed E-state index contributed by atoms with van der Waals surface area (Å²) in [5, 5.41) is 5.99. The summed E-state index contributed by atoms with van der Waals surface area (Å²) in [6, 6.07) is 5.17. The van der Waals surface area contributed by atoms with Crippen LogP contribution in [0.4, 0.5) is 0 Å². The lowest BCUT2D eigenvalue weighted by molar-refractivity contribution is 0.423. The monoisotopic (exact) mass is 235 g/mol. The second-order valence-electron chi connectivity index (χ2n) is 5.28. The highest BCUT2D eigenvalue weighted by Crippen LogP contribution is 2.62. The third-order valence-corrected chi connectivity index (χ3v) is 5.28. The highest BCUT2D eigenvalue weighted by molar-refractivity contribution is 7.10. The van der Waals surface area contributed by atoms with Gasteiger partial charge in [-0.25, -0.2) is 0 Å². The Bertz CT molecular complexity index is 323. The molecule has 1 aromatic heterocycles. The Morgan fingerprint density at radius 1 is 1.44 bits per heavy atom. The average Bonchev–Trinajstić information content (AvgIpc) is 2.79. The largest absolute Gasteiger partial charge is 0.309 e. The summed E-state index contributed by atoms with van der Waals surface area (Å²) in [4.78, 5) is 1.56. The second kappa shape index (κ2) is 4.50. The van der Waals surface area contributed by atoms with E-state index < -0.39 is 0 Å². The summed E-state index contributed by atoms with van der Waals surface area (Å²) < 4.78 is 0. The van der Waals surface area contributed by atoms with Crippen LogP contribution in [0.25, 0.3) is 0 Å². The van der Waals surface area contributed by atoms with Crippen LogP contribution in [0.1, 0.15) is 43.5 Å². The van der Waals surface area contributed by atoms with Gasteiger partial charge in [-0.3, -0.25) is 0 Å². The normalized spacial score (nSPS) is 33.7. The van der Waals surface area contributed by atoms with E-state index in [2.05, 4.69) is 29.8 Å². The van der Waals surface area contributed by atoms with Gasteiger partial charge >= 0.3 is 0 Å². The quantitative estimate of drug-likeness (QED) is 0.817.